The molecule has 2 heterocycles. The molecule has 0 radical (unpaired) electrons. The molecule has 0 atom stereocenters. The van der Waals surface area contributed by atoms with E-state index in [1.54, 1.807) is 12.3 Å². The van der Waals surface area contributed by atoms with Crippen LogP contribution in [0.25, 0.3) is 0 Å². The fourth-order valence-corrected chi connectivity index (χ4v) is 2.84. The molecule has 1 N–H and O–H groups in total. The first-order valence-corrected chi connectivity index (χ1v) is 8.46. The number of benzene rings is 1. The van der Waals surface area contributed by atoms with Crippen molar-refractivity contribution in [2.45, 2.75) is 6.54 Å². The molecule has 1 aliphatic rings. The number of rotatable bonds is 6. The van der Waals surface area contributed by atoms with Gasteiger partial charge in [-0.05, 0) is 12.1 Å². The van der Waals surface area contributed by atoms with E-state index in [-0.39, 0.29) is 31.1 Å². The molecule has 2 amide bonds. The van der Waals surface area contributed by atoms with Crippen molar-refractivity contribution in [1.29, 1.82) is 0 Å². The Kier molecular flexibility index (Phi) is 5.39. The monoisotopic (exact) mass is 385 g/mol. The molecule has 10 nitrogen and oxygen atoms in total. The summed E-state index contributed by atoms with van der Waals surface area (Å²) < 4.78 is 5.29. The molecule has 1 aromatic heterocycles. The lowest BCUT2D eigenvalue weighted by molar-refractivity contribution is -0.384. The van der Waals surface area contributed by atoms with E-state index in [1.165, 1.54) is 23.1 Å². The van der Waals surface area contributed by atoms with Crippen LogP contribution in [0.15, 0.2) is 36.5 Å². The van der Waals surface area contributed by atoms with Crippen LogP contribution in [0.4, 0.5) is 17.2 Å². The molecule has 1 aromatic carbocycles. The number of nitro benzene ring substituents is 1. The van der Waals surface area contributed by atoms with Crippen molar-refractivity contribution in [3.8, 4) is 5.75 Å². The summed E-state index contributed by atoms with van der Waals surface area (Å²) in [4.78, 5) is 42.4. The van der Waals surface area contributed by atoms with Crippen molar-refractivity contribution in [3.63, 3.8) is 0 Å². The Balaban J connectivity index is 1.73. The first-order valence-electron chi connectivity index (χ1n) is 8.46. The zero-order chi connectivity index (χ0) is 20.3. The van der Waals surface area contributed by atoms with Gasteiger partial charge in [-0.15, -0.1) is 0 Å². The van der Waals surface area contributed by atoms with Crippen molar-refractivity contribution < 1.29 is 19.2 Å². The highest BCUT2D eigenvalue weighted by atomic mass is 16.6. The van der Waals surface area contributed by atoms with Crippen LogP contribution in [0, 0.1) is 10.1 Å². The molecule has 146 valence electrons. The van der Waals surface area contributed by atoms with E-state index in [2.05, 4.69) is 10.3 Å². The Bertz CT molecular complexity index is 930. The maximum Gasteiger partial charge on any atom is 0.271 e. The number of nitro groups is 1. The first-order chi connectivity index (χ1) is 13.4. The summed E-state index contributed by atoms with van der Waals surface area (Å²) in [6.45, 7) is -0.264. The zero-order valence-corrected chi connectivity index (χ0v) is 15.4. The second-order valence-corrected chi connectivity index (χ2v) is 6.33. The van der Waals surface area contributed by atoms with E-state index >= 15 is 0 Å². The predicted molar refractivity (Wildman–Crippen MR) is 101 cm³/mol. The smallest absolute Gasteiger partial charge is 0.271 e. The number of fused-ring (bicyclic) bond motifs is 1. The van der Waals surface area contributed by atoms with Crippen LogP contribution in [-0.4, -0.2) is 49.0 Å². The third-order valence-electron chi connectivity index (χ3n) is 4.17. The number of carbonyl (C=O) groups is 2. The molecule has 0 saturated heterocycles. The van der Waals surface area contributed by atoms with Gasteiger partial charge in [0.15, 0.2) is 6.61 Å². The lowest BCUT2D eigenvalue weighted by atomic mass is 10.2. The SMILES string of the molecule is CN(C)c1ncccc1CNC(=O)CN1C(=O)COc2ccc([N+](=O)[O-])cc21. The normalized spacial score (nSPS) is 12.8. The molecule has 0 saturated carbocycles. The van der Waals surface area contributed by atoms with Crippen LogP contribution in [-0.2, 0) is 16.1 Å². The largest absolute Gasteiger partial charge is 0.482 e. The summed E-state index contributed by atoms with van der Waals surface area (Å²) in [6, 6.07) is 7.56. The minimum Gasteiger partial charge on any atom is -0.482 e. The van der Waals surface area contributed by atoms with E-state index < -0.39 is 16.7 Å². The number of non-ortho nitro benzene ring substituents is 1. The number of nitrogens with one attached hydrogen (secondary N) is 1. The van der Waals surface area contributed by atoms with E-state index in [9.17, 15) is 19.7 Å². The lowest BCUT2D eigenvalue weighted by Crippen LogP contribution is -2.45. The number of hydrogen-bond acceptors (Lipinski definition) is 7. The second-order valence-electron chi connectivity index (χ2n) is 6.33. The molecule has 2 aromatic rings. The van der Waals surface area contributed by atoms with Crippen molar-refractivity contribution in [2.24, 2.45) is 0 Å². The van der Waals surface area contributed by atoms with Crippen molar-refractivity contribution in [3.05, 3.63) is 52.2 Å². The topological polar surface area (TPSA) is 118 Å². The Hall–Kier alpha value is -3.69. The molecule has 28 heavy (non-hydrogen) atoms. The van der Waals surface area contributed by atoms with Crippen LogP contribution in [0.3, 0.4) is 0 Å². The Morgan fingerprint density at radius 1 is 1.39 bits per heavy atom. The maximum atomic E-state index is 12.4. The molecule has 10 heteroatoms. The van der Waals surface area contributed by atoms with Gasteiger partial charge in [-0.25, -0.2) is 4.98 Å². The number of anilines is 2. The molecule has 0 bridgehead atoms. The Morgan fingerprint density at radius 3 is 2.89 bits per heavy atom. The highest BCUT2D eigenvalue weighted by Gasteiger charge is 2.29. The number of nitrogens with zero attached hydrogens (tertiary/aromatic N) is 4. The summed E-state index contributed by atoms with van der Waals surface area (Å²) >= 11 is 0. The van der Waals surface area contributed by atoms with Gasteiger partial charge < -0.3 is 15.0 Å². The average molecular weight is 385 g/mol. The quantitative estimate of drug-likeness (QED) is 0.584. The number of aromatic nitrogens is 1. The van der Waals surface area contributed by atoms with E-state index in [1.807, 2.05) is 25.1 Å². The summed E-state index contributed by atoms with van der Waals surface area (Å²) in [5.74, 6) is 0.200. The van der Waals surface area contributed by atoms with Gasteiger partial charge in [-0.3, -0.25) is 24.6 Å². The third kappa shape index (κ3) is 4.00. The van der Waals surface area contributed by atoms with Gasteiger partial charge in [-0.2, -0.15) is 0 Å². The third-order valence-corrected chi connectivity index (χ3v) is 4.17. The van der Waals surface area contributed by atoms with E-state index in [0.717, 1.165) is 11.4 Å². The van der Waals surface area contributed by atoms with Crippen LogP contribution in [0.1, 0.15) is 5.56 Å². The van der Waals surface area contributed by atoms with Gasteiger partial charge in [-0.1, -0.05) is 6.07 Å². The van der Waals surface area contributed by atoms with Crippen LogP contribution < -0.4 is 19.9 Å². The number of carbonyl (C=O) groups excluding carboxylic acids is 2. The number of hydrogen-bond donors (Lipinski definition) is 1. The van der Waals surface area contributed by atoms with Gasteiger partial charge in [0.1, 0.15) is 18.1 Å². The van der Waals surface area contributed by atoms with Gasteiger partial charge in [0, 0.05) is 44.5 Å². The van der Waals surface area contributed by atoms with Crippen LogP contribution >= 0.6 is 0 Å². The zero-order valence-electron chi connectivity index (χ0n) is 15.4. The maximum absolute atomic E-state index is 12.4. The van der Waals surface area contributed by atoms with Gasteiger partial charge in [0.25, 0.3) is 11.6 Å². The number of ether oxygens (including phenoxy) is 1. The van der Waals surface area contributed by atoms with Gasteiger partial charge in [0.05, 0.1) is 10.6 Å². The standard InChI is InChI=1S/C18H19N5O5/c1-21(2)18-12(4-3-7-19-18)9-20-16(24)10-22-14-8-13(23(26)27)5-6-15(14)28-11-17(22)25/h3-8H,9-11H2,1-2H3,(H,20,24). The second kappa shape index (κ2) is 7.91. The molecule has 3 rings (SSSR count). The minimum absolute atomic E-state index is 0.187. The number of amides is 2. The number of pyridine rings is 1. The van der Waals surface area contributed by atoms with Crippen molar-refractivity contribution >= 4 is 29.0 Å². The van der Waals surface area contributed by atoms with E-state index in [4.69, 9.17) is 4.74 Å². The van der Waals surface area contributed by atoms with Crippen LogP contribution in [0.5, 0.6) is 5.75 Å². The summed E-state index contributed by atoms with van der Waals surface area (Å²) in [7, 11) is 3.70. The average Bonchev–Trinajstić information content (AvgIpc) is 2.68. The predicted octanol–water partition coefficient (Wildman–Crippen LogP) is 1.10. The lowest BCUT2D eigenvalue weighted by Gasteiger charge is -2.28. The fraction of sp³-hybridized carbons (Fsp3) is 0.278. The van der Waals surface area contributed by atoms with Gasteiger partial charge in [0.2, 0.25) is 5.91 Å². The molecule has 0 unspecified atom stereocenters. The first kappa shape index (κ1) is 19.1. The van der Waals surface area contributed by atoms with Crippen molar-refractivity contribution in [2.75, 3.05) is 37.0 Å². The summed E-state index contributed by atoms with van der Waals surface area (Å²) in [6.07, 6.45) is 1.66. The van der Waals surface area contributed by atoms with Crippen LogP contribution in [0.2, 0.25) is 0 Å². The fourth-order valence-electron chi connectivity index (χ4n) is 2.84. The Labute approximate surface area is 160 Å². The highest BCUT2D eigenvalue weighted by molar-refractivity contribution is 6.02. The molecule has 0 spiro atoms. The molecular weight excluding hydrogens is 366 g/mol. The van der Waals surface area contributed by atoms with E-state index in [0.29, 0.717) is 5.75 Å². The Morgan fingerprint density at radius 2 is 2.18 bits per heavy atom. The molecule has 1 aliphatic heterocycles. The summed E-state index contributed by atoms with van der Waals surface area (Å²) in [5, 5.41) is 13.8. The molecular formula is C18H19N5O5. The summed E-state index contributed by atoms with van der Waals surface area (Å²) in [5.41, 5.74) is 0.842. The minimum atomic E-state index is -0.567. The van der Waals surface area contributed by atoms with Crippen molar-refractivity contribution in [1.82, 2.24) is 10.3 Å². The molecule has 0 aliphatic carbocycles. The highest BCUT2D eigenvalue weighted by Crippen LogP contribution is 2.35. The van der Waals surface area contributed by atoms with Gasteiger partial charge >= 0.3 is 0 Å². The molecule has 0 fully saturated rings.